The molecule has 0 N–H and O–H groups in total. The minimum atomic E-state index is -0.0333. The topological polar surface area (TPSA) is 50.6 Å². The minimum Gasteiger partial charge on any atom is -0.341 e. The van der Waals surface area contributed by atoms with Crippen LogP contribution < -0.4 is 0 Å². The van der Waals surface area contributed by atoms with E-state index in [2.05, 4.69) is 22.8 Å². The molecule has 1 atom stereocenters. The largest absolute Gasteiger partial charge is 0.341 e. The highest BCUT2D eigenvalue weighted by atomic mass is 16.2. The van der Waals surface area contributed by atoms with Crippen LogP contribution in [0.3, 0.4) is 0 Å². The lowest BCUT2D eigenvalue weighted by Crippen LogP contribution is -2.55. The fraction of sp³-hybridized carbons (Fsp3) is 0.636. The molecule has 5 nitrogen and oxygen atoms in total. The van der Waals surface area contributed by atoms with Gasteiger partial charge in [0.1, 0.15) is 0 Å². The normalized spacial score (nSPS) is 20.8. The SMILES string of the molecule is C[C@H](C(=O)N(C)C1CCCCC1)N1CCN(Cc2ccc(C#N)cc2)CC1. The van der Waals surface area contributed by atoms with Crippen LogP contribution in [0, 0.1) is 11.3 Å². The van der Waals surface area contributed by atoms with Gasteiger partial charge >= 0.3 is 0 Å². The van der Waals surface area contributed by atoms with Crippen LogP contribution >= 0.6 is 0 Å². The molecule has 1 aliphatic carbocycles. The summed E-state index contributed by atoms with van der Waals surface area (Å²) in [6, 6.07) is 10.4. The van der Waals surface area contributed by atoms with Gasteiger partial charge in [-0.25, -0.2) is 0 Å². The van der Waals surface area contributed by atoms with Gasteiger partial charge in [0, 0.05) is 45.8 Å². The number of nitrogens with zero attached hydrogens (tertiary/aromatic N) is 4. The molecule has 1 saturated carbocycles. The Balaban J connectivity index is 1.47. The van der Waals surface area contributed by atoms with E-state index in [1.165, 1.54) is 24.8 Å². The van der Waals surface area contributed by atoms with Crippen LogP contribution in [-0.4, -0.2) is 65.9 Å². The van der Waals surface area contributed by atoms with Crippen LogP contribution in [0.25, 0.3) is 0 Å². The van der Waals surface area contributed by atoms with Crippen molar-refractivity contribution < 1.29 is 4.79 Å². The van der Waals surface area contributed by atoms with Crippen LogP contribution in [0.1, 0.15) is 50.2 Å². The first-order valence-corrected chi connectivity index (χ1v) is 10.3. The molecule has 2 aliphatic rings. The first kappa shape index (κ1) is 19.9. The predicted octanol–water partition coefficient (Wildman–Crippen LogP) is 2.86. The molecular weight excluding hydrogens is 336 g/mol. The highest BCUT2D eigenvalue weighted by molar-refractivity contribution is 5.81. The Hall–Kier alpha value is -1.90. The van der Waals surface area contributed by atoms with Crippen molar-refractivity contribution >= 4 is 5.91 Å². The Labute approximate surface area is 163 Å². The molecule has 5 heteroatoms. The van der Waals surface area contributed by atoms with Crippen molar-refractivity contribution in [3.05, 3.63) is 35.4 Å². The zero-order chi connectivity index (χ0) is 19.2. The van der Waals surface area contributed by atoms with E-state index in [0.29, 0.717) is 11.6 Å². The van der Waals surface area contributed by atoms with E-state index in [-0.39, 0.29) is 11.9 Å². The number of carbonyl (C=O) groups excluding carboxylic acids is 1. The number of hydrogen-bond donors (Lipinski definition) is 0. The minimum absolute atomic E-state index is 0.0333. The molecular formula is C22H32N4O. The number of likely N-dealkylation sites (N-methyl/N-ethyl adjacent to an activating group) is 1. The number of amides is 1. The van der Waals surface area contributed by atoms with E-state index in [0.717, 1.165) is 45.6 Å². The summed E-state index contributed by atoms with van der Waals surface area (Å²) in [5.41, 5.74) is 1.95. The number of rotatable bonds is 5. The third kappa shape index (κ3) is 5.09. The number of carbonyl (C=O) groups is 1. The molecule has 146 valence electrons. The van der Waals surface area contributed by atoms with Crippen LogP contribution in [0.5, 0.6) is 0 Å². The molecule has 0 spiro atoms. The van der Waals surface area contributed by atoms with Gasteiger partial charge in [0.25, 0.3) is 0 Å². The van der Waals surface area contributed by atoms with Crippen LogP contribution in [0.4, 0.5) is 0 Å². The average Bonchev–Trinajstić information content (AvgIpc) is 2.74. The Morgan fingerprint density at radius 2 is 1.78 bits per heavy atom. The van der Waals surface area contributed by atoms with Crippen molar-refractivity contribution in [3.63, 3.8) is 0 Å². The van der Waals surface area contributed by atoms with Crippen LogP contribution in [0.2, 0.25) is 0 Å². The van der Waals surface area contributed by atoms with Crippen molar-refractivity contribution in [2.24, 2.45) is 0 Å². The predicted molar refractivity (Wildman–Crippen MR) is 107 cm³/mol. The summed E-state index contributed by atoms with van der Waals surface area (Å²) in [4.78, 5) is 19.7. The summed E-state index contributed by atoms with van der Waals surface area (Å²) in [5.74, 6) is 0.280. The average molecular weight is 369 g/mol. The van der Waals surface area contributed by atoms with Gasteiger partial charge in [-0.05, 0) is 37.5 Å². The lowest BCUT2D eigenvalue weighted by atomic mass is 9.94. The molecule has 1 aliphatic heterocycles. The number of benzene rings is 1. The number of nitriles is 1. The number of hydrogen-bond acceptors (Lipinski definition) is 4. The summed E-state index contributed by atoms with van der Waals surface area (Å²) in [7, 11) is 2.00. The molecule has 1 aromatic rings. The van der Waals surface area contributed by atoms with E-state index in [4.69, 9.17) is 5.26 Å². The lowest BCUT2D eigenvalue weighted by molar-refractivity contribution is -0.138. The van der Waals surface area contributed by atoms with Gasteiger partial charge in [-0.1, -0.05) is 31.4 Å². The van der Waals surface area contributed by atoms with Crippen LogP contribution in [0.15, 0.2) is 24.3 Å². The first-order chi connectivity index (χ1) is 13.1. The Bertz CT molecular complexity index is 652. The van der Waals surface area contributed by atoms with E-state index >= 15 is 0 Å². The van der Waals surface area contributed by atoms with Crippen molar-refractivity contribution in [2.75, 3.05) is 33.2 Å². The molecule has 0 unspecified atom stereocenters. The second kappa shape index (κ2) is 9.34. The second-order valence-electron chi connectivity index (χ2n) is 8.04. The van der Waals surface area contributed by atoms with Gasteiger partial charge in [-0.15, -0.1) is 0 Å². The smallest absolute Gasteiger partial charge is 0.239 e. The van der Waals surface area contributed by atoms with Gasteiger partial charge in [0.2, 0.25) is 5.91 Å². The Morgan fingerprint density at radius 1 is 1.15 bits per heavy atom. The molecule has 0 radical (unpaired) electrons. The summed E-state index contributed by atoms with van der Waals surface area (Å²) < 4.78 is 0. The monoisotopic (exact) mass is 368 g/mol. The second-order valence-corrected chi connectivity index (χ2v) is 8.04. The molecule has 2 fully saturated rings. The summed E-state index contributed by atoms with van der Waals surface area (Å²) in [6.07, 6.45) is 6.14. The van der Waals surface area contributed by atoms with Gasteiger partial charge in [-0.3, -0.25) is 14.6 Å². The Kier molecular flexibility index (Phi) is 6.87. The highest BCUT2D eigenvalue weighted by Crippen LogP contribution is 2.23. The highest BCUT2D eigenvalue weighted by Gasteiger charge is 2.30. The van der Waals surface area contributed by atoms with Crippen molar-refractivity contribution in [1.29, 1.82) is 5.26 Å². The molecule has 3 rings (SSSR count). The molecule has 27 heavy (non-hydrogen) atoms. The van der Waals surface area contributed by atoms with E-state index < -0.39 is 0 Å². The summed E-state index contributed by atoms with van der Waals surface area (Å²) >= 11 is 0. The van der Waals surface area contributed by atoms with Crippen molar-refractivity contribution in [3.8, 4) is 6.07 Å². The molecule has 1 saturated heterocycles. The van der Waals surface area contributed by atoms with E-state index in [1.54, 1.807) is 0 Å². The first-order valence-electron chi connectivity index (χ1n) is 10.3. The molecule has 0 aromatic heterocycles. The maximum Gasteiger partial charge on any atom is 0.239 e. The molecule has 1 aromatic carbocycles. The third-order valence-corrected chi connectivity index (χ3v) is 6.27. The summed E-state index contributed by atoms with van der Waals surface area (Å²) in [5, 5.41) is 8.90. The molecule has 1 heterocycles. The van der Waals surface area contributed by atoms with Crippen molar-refractivity contribution in [2.45, 2.75) is 57.7 Å². The van der Waals surface area contributed by atoms with Crippen LogP contribution in [-0.2, 0) is 11.3 Å². The van der Waals surface area contributed by atoms with Gasteiger partial charge < -0.3 is 4.90 Å². The standard InChI is InChI=1S/C22H32N4O/c1-18(22(27)24(2)21-6-4-3-5-7-21)26-14-12-25(13-15-26)17-20-10-8-19(16-23)9-11-20/h8-11,18,21H,3-7,12-15,17H2,1-2H3/t18-/m1/s1. The fourth-order valence-electron chi connectivity index (χ4n) is 4.35. The fourth-order valence-corrected chi connectivity index (χ4v) is 4.35. The lowest BCUT2D eigenvalue weighted by Gasteiger charge is -2.40. The number of piperazine rings is 1. The van der Waals surface area contributed by atoms with Gasteiger partial charge in [-0.2, -0.15) is 5.26 Å². The maximum absolute atomic E-state index is 12.9. The van der Waals surface area contributed by atoms with Gasteiger partial charge in [0.15, 0.2) is 0 Å². The third-order valence-electron chi connectivity index (χ3n) is 6.27. The van der Waals surface area contributed by atoms with Crippen molar-refractivity contribution in [1.82, 2.24) is 14.7 Å². The molecule has 1 amide bonds. The zero-order valence-electron chi connectivity index (χ0n) is 16.7. The Morgan fingerprint density at radius 3 is 2.37 bits per heavy atom. The quantitative estimate of drug-likeness (QED) is 0.802. The molecule has 0 bridgehead atoms. The summed E-state index contributed by atoms with van der Waals surface area (Å²) in [6.45, 7) is 6.79. The van der Waals surface area contributed by atoms with Gasteiger partial charge in [0.05, 0.1) is 17.7 Å². The van der Waals surface area contributed by atoms with E-state index in [1.807, 2.05) is 36.2 Å². The zero-order valence-corrected chi connectivity index (χ0v) is 16.7. The maximum atomic E-state index is 12.9. The van der Waals surface area contributed by atoms with E-state index in [9.17, 15) is 4.79 Å².